The van der Waals surface area contributed by atoms with Crippen LogP contribution < -0.4 is 15.0 Å². The number of aliphatic imine (C=N–C) groups is 1. The minimum atomic E-state index is -4.76. The molecule has 44 heavy (non-hydrogen) atoms. The monoisotopic (exact) mass is 626 g/mol. The number of hydrogen-bond acceptors (Lipinski definition) is 7. The largest absolute Gasteiger partial charge is 0.573 e. The van der Waals surface area contributed by atoms with Gasteiger partial charge in [0.05, 0.1) is 5.69 Å². The molecule has 1 saturated heterocycles. The number of allylic oxidation sites excluding steroid dienone is 1. The second-order valence-electron chi connectivity index (χ2n) is 10.3. The quantitative estimate of drug-likeness (QED) is 0.154. The van der Waals surface area contributed by atoms with Crippen molar-refractivity contribution in [3.8, 4) is 22.8 Å². The van der Waals surface area contributed by atoms with Crippen molar-refractivity contribution in [1.29, 1.82) is 0 Å². The van der Waals surface area contributed by atoms with Gasteiger partial charge in [0.2, 0.25) is 6.35 Å². The number of nitrogens with zero attached hydrogens (tertiary/aromatic N) is 5. The number of aliphatic hydroxyl groups excluding tert-OH is 1. The van der Waals surface area contributed by atoms with Crippen molar-refractivity contribution in [2.24, 2.45) is 4.99 Å². The van der Waals surface area contributed by atoms with Crippen LogP contribution in [0.3, 0.4) is 0 Å². The van der Waals surface area contributed by atoms with Crippen LogP contribution in [0, 0.1) is 5.82 Å². The lowest BCUT2D eigenvalue weighted by atomic mass is 10.0. The Kier molecular flexibility index (Phi) is 9.25. The van der Waals surface area contributed by atoms with E-state index < -0.39 is 12.7 Å². The highest BCUT2D eigenvalue weighted by Crippen LogP contribution is 2.33. The fourth-order valence-electron chi connectivity index (χ4n) is 4.65. The Morgan fingerprint density at radius 1 is 1.09 bits per heavy atom. The molecule has 1 atom stereocenters. The third-order valence-electron chi connectivity index (χ3n) is 6.65. The number of nitrogens with one attached hydrogen (secondary N) is 1. The molecule has 3 aromatic carbocycles. The Morgan fingerprint density at radius 3 is 2.50 bits per heavy atom. The average molecular weight is 627 g/mol. The number of halogens is 4. The van der Waals surface area contributed by atoms with Gasteiger partial charge in [-0.05, 0) is 72.5 Å². The zero-order chi connectivity index (χ0) is 31.4. The summed E-state index contributed by atoms with van der Waals surface area (Å²) >= 11 is 1.53. The first-order chi connectivity index (χ1) is 20.9. The zero-order valence-electron chi connectivity index (χ0n) is 24.1. The number of thioether (sulfide) groups is 1. The molecule has 0 radical (unpaired) electrons. The normalized spacial score (nSPS) is 15.7. The van der Waals surface area contributed by atoms with Crippen molar-refractivity contribution >= 4 is 28.7 Å². The number of aromatic nitrogens is 3. The molecule has 0 aliphatic carbocycles. The molecule has 1 aliphatic heterocycles. The zero-order valence-corrected chi connectivity index (χ0v) is 24.9. The van der Waals surface area contributed by atoms with Gasteiger partial charge in [0.1, 0.15) is 17.9 Å². The third kappa shape index (κ3) is 7.77. The number of anilines is 1. The summed E-state index contributed by atoms with van der Waals surface area (Å²) < 4.78 is 56.5. The van der Waals surface area contributed by atoms with Crippen LogP contribution in [0.15, 0.2) is 83.7 Å². The molecule has 0 bridgehead atoms. The Labute approximate surface area is 256 Å². The van der Waals surface area contributed by atoms with Crippen LogP contribution in [-0.4, -0.2) is 50.1 Å². The molecule has 0 amide bonds. The topological polar surface area (TPSA) is 87.8 Å². The predicted molar refractivity (Wildman–Crippen MR) is 164 cm³/mol. The lowest BCUT2D eigenvalue weighted by molar-refractivity contribution is -0.274. The maximum Gasteiger partial charge on any atom is 0.573 e. The molecule has 1 unspecified atom stereocenters. The van der Waals surface area contributed by atoms with Crippen LogP contribution in [-0.2, 0) is 0 Å². The first kappa shape index (κ1) is 31.1. The minimum absolute atomic E-state index is 0.126. The van der Waals surface area contributed by atoms with Crippen molar-refractivity contribution in [1.82, 2.24) is 20.1 Å². The average Bonchev–Trinajstić information content (AvgIpc) is 3.63. The summed E-state index contributed by atoms with van der Waals surface area (Å²) in [6.07, 6.45) is -2.60. The molecule has 1 aromatic heterocycles. The highest BCUT2D eigenvalue weighted by Gasteiger charge is 2.31. The van der Waals surface area contributed by atoms with Crippen molar-refractivity contribution in [2.75, 3.05) is 17.2 Å². The molecule has 13 heteroatoms. The van der Waals surface area contributed by atoms with Crippen molar-refractivity contribution in [3.05, 3.63) is 95.7 Å². The highest BCUT2D eigenvalue weighted by atomic mass is 32.2. The van der Waals surface area contributed by atoms with Gasteiger partial charge in [0, 0.05) is 29.2 Å². The summed E-state index contributed by atoms with van der Waals surface area (Å²) in [7, 11) is 0. The molecule has 4 aromatic rings. The van der Waals surface area contributed by atoms with Crippen LogP contribution in [0.25, 0.3) is 23.2 Å². The summed E-state index contributed by atoms with van der Waals surface area (Å²) in [6, 6.07) is 17.5. The fourth-order valence-corrected chi connectivity index (χ4v) is 5.62. The van der Waals surface area contributed by atoms with Crippen molar-refractivity contribution < 1.29 is 27.4 Å². The van der Waals surface area contributed by atoms with Gasteiger partial charge in [0.25, 0.3) is 0 Å². The van der Waals surface area contributed by atoms with Crippen molar-refractivity contribution in [3.63, 3.8) is 0 Å². The first-order valence-corrected chi connectivity index (χ1v) is 14.7. The third-order valence-corrected chi connectivity index (χ3v) is 7.62. The van der Waals surface area contributed by atoms with Crippen LogP contribution in [0.4, 0.5) is 23.2 Å². The van der Waals surface area contributed by atoms with E-state index in [-0.39, 0.29) is 17.5 Å². The Balaban J connectivity index is 1.22. The molecule has 5 rings (SSSR count). The second-order valence-corrected chi connectivity index (χ2v) is 11.4. The molecule has 1 aliphatic rings. The number of ether oxygens (including phenoxy) is 1. The van der Waals surface area contributed by atoms with E-state index >= 15 is 0 Å². The van der Waals surface area contributed by atoms with E-state index in [0.29, 0.717) is 28.9 Å². The van der Waals surface area contributed by atoms with E-state index in [4.69, 9.17) is 0 Å². The van der Waals surface area contributed by atoms with E-state index in [1.807, 2.05) is 56.0 Å². The van der Waals surface area contributed by atoms with E-state index in [1.165, 1.54) is 53.1 Å². The van der Waals surface area contributed by atoms with E-state index in [1.54, 1.807) is 12.1 Å². The summed E-state index contributed by atoms with van der Waals surface area (Å²) in [5.74, 6) is 0.771. The van der Waals surface area contributed by atoms with Crippen LogP contribution in [0.2, 0.25) is 0 Å². The van der Waals surface area contributed by atoms with Gasteiger partial charge in [-0.15, -0.1) is 18.3 Å². The smallest absolute Gasteiger partial charge is 0.406 e. The molecule has 0 saturated carbocycles. The van der Waals surface area contributed by atoms with E-state index in [9.17, 15) is 22.7 Å². The van der Waals surface area contributed by atoms with Crippen molar-refractivity contribution in [2.45, 2.75) is 39.4 Å². The maximum absolute atomic E-state index is 13.9. The molecule has 8 nitrogen and oxygen atoms in total. The number of amidine groups is 1. The van der Waals surface area contributed by atoms with Crippen LogP contribution in [0.1, 0.15) is 37.8 Å². The molecular weight excluding hydrogens is 596 g/mol. The summed E-state index contributed by atoms with van der Waals surface area (Å²) in [5.41, 5.74) is 4.60. The second kappa shape index (κ2) is 13.1. The Hall–Kier alpha value is -4.36. The standard InChI is InChI=1S/C31H30F4N6O2S/c1-19(2)26-17-23(32)8-13-27(26)40-14-15-44-30(40)38-29(42)37-20(3)16-21-4-6-22(7-5-21)28-36-18-41(39-28)24-9-11-25(12-10-24)43-31(33,34)35/h4-13,16-19,29,37,42H,14-15H2,1-3H3/b20-16+,38-30?. The number of hydrogen-bond donors (Lipinski definition) is 2. The minimum Gasteiger partial charge on any atom is -0.406 e. The number of rotatable bonds is 9. The van der Waals surface area contributed by atoms with Crippen LogP contribution in [0.5, 0.6) is 5.75 Å². The van der Waals surface area contributed by atoms with E-state index in [2.05, 4.69) is 25.1 Å². The van der Waals surface area contributed by atoms with Gasteiger partial charge in [0.15, 0.2) is 11.0 Å². The molecule has 2 heterocycles. The fraction of sp³-hybridized carbons (Fsp3) is 0.258. The van der Waals surface area contributed by atoms with Gasteiger partial charge < -0.3 is 20.1 Å². The lowest BCUT2D eigenvalue weighted by Crippen LogP contribution is -2.31. The van der Waals surface area contributed by atoms with Gasteiger partial charge in [-0.3, -0.25) is 0 Å². The number of aliphatic hydroxyl groups is 1. The lowest BCUT2D eigenvalue weighted by Gasteiger charge is -2.24. The summed E-state index contributed by atoms with van der Waals surface area (Å²) in [5, 5.41) is 18.8. The Bertz CT molecular complexity index is 1650. The molecule has 0 spiro atoms. The molecular formula is C31H30F4N6O2S. The van der Waals surface area contributed by atoms with Gasteiger partial charge in [-0.25, -0.2) is 19.0 Å². The maximum atomic E-state index is 13.9. The highest BCUT2D eigenvalue weighted by molar-refractivity contribution is 8.14. The van der Waals surface area contributed by atoms with E-state index in [0.717, 1.165) is 28.1 Å². The van der Waals surface area contributed by atoms with Gasteiger partial charge in [-0.2, -0.15) is 0 Å². The molecule has 2 N–H and O–H groups in total. The summed E-state index contributed by atoms with van der Waals surface area (Å²) in [6.45, 7) is 6.56. The SMILES string of the molecule is C/C(=C\c1ccc(-c2ncn(-c3ccc(OC(F)(F)F)cc3)n2)cc1)NC(O)N=C1SCCN1c1ccc(F)cc1C(C)C. The number of alkyl halides is 3. The summed E-state index contributed by atoms with van der Waals surface area (Å²) in [4.78, 5) is 10.8. The molecule has 1 fully saturated rings. The van der Waals surface area contributed by atoms with Gasteiger partial charge in [-0.1, -0.05) is 49.9 Å². The predicted octanol–water partition coefficient (Wildman–Crippen LogP) is 6.93. The van der Waals surface area contributed by atoms with Crippen LogP contribution >= 0.6 is 11.8 Å². The Morgan fingerprint density at radius 2 is 1.82 bits per heavy atom. The van der Waals surface area contributed by atoms with Gasteiger partial charge >= 0.3 is 6.36 Å². The first-order valence-electron chi connectivity index (χ1n) is 13.7. The molecule has 230 valence electrons. The number of benzene rings is 3.